The smallest absolute Gasteiger partial charge is 0.205 e. The summed E-state index contributed by atoms with van der Waals surface area (Å²) in [4.78, 5) is 0.959. The molecule has 2 rings (SSSR count). The maximum atomic E-state index is 6.07. The number of hydrogen-bond donors (Lipinski definition) is 1. The molecule has 0 fully saturated rings. The van der Waals surface area contributed by atoms with Crippen LogP contribution < -0.4 is 5.32 Å². The van der Waals surface area contributed by atoms with Gasteiger partial charge in [-0.2, -0.15) is 0 Å². The minimum Gasteiger partial charge on any atom is -0.363 e. The van der Waals surface area contributed by atoms with Gasteiger partial charge in [0.25, 0.3) is 0 Å². The molecule has 2 aromatic rings. The van der Waals surface area contributed by atoms with Crippen LogP contribution in [0.3, 0.4) is 0 Å². The zero-order chi connectivity index (χ0) is 12.3. The lowest BCUT2D eigenvalue weighted by atomic mass is 10.4. The third-order valence-electron chi connectivity index (χ3n) is 1.93. The summed E-state index contributed by atoms with van der Waals surface area (Å²) in [5.74, 6) is 0.736. The van der Waals surface area contributed by atoms with Crippen molar-refractivity contribution in [1.29, 1.82) is 0 Å². The van der Waals surface area contributed by atoms with Crippen molar-refractivity contribution in [2.75, 3.05) is 12.4 Å². The molecule has 0 atom stereocenters. The van der Waals surface area contributed by atoms with Crippen LogP contribution in [0.25, 0.3) is 0 Å². The van der Waals surface area contributed by atoms with Gasteiger partial charge in [0.1, 0.15) is 5.01 Å². The number of benzene rings is 1. The molecule has 0 saturated carbocycles. The van der Waals surface area contributed by atoms with Crippen molar-refractivity contribution in [3.8, 4) is 0 Å². The topological polar surface area (TPSA) is 37.8 Å². The fourth-order valence-corrected chi connectivity index (χ4v) is 3.31. The van der Waals surface area contributed by atoms with E-state index in [9.17, 15) is 0 Å². The Morgan fingerprint density at radius 2 is 2.18 bits per heavy atom. The fourth-order valence-electron chi connectivity index (χ4n) is 1.14. The van der Waals surface area contributed by atoms with Gasteiger partial charge in [-0.3, -0.25) is 0 Å². The SMILES string of the molecule is CNc1nnc(CSc2cc(Cl)ccc2Cl)s1. The second kappa shape index (κ2) is 5.91. The van der Waals surface area contributed by atoms with Crippen molar-refractivity contribution < 1.29 is 0 Å². The summed E-state index contributed by atoms with van der Waals surface area (Å²) >= 11 is 15.1. The summed E-state index contributed by atoms with van der Waals surface area (Å²) in [6, 6.07) is 5.43. The van der Waals surface area contributed by atoms with E-state index in [2.05, 4.69) is 15.5 Å². The van der Waals surface area contributed by atoms with Gasteiger partial charge in [0.05, 0.1) is 10.8 Å². The second-order valence-corrected chi connectivity index (χ2v) is 6.04. The predicted octanol–water partition coefficient (Wildman–Crippen LogP) is 4.18. The van der Waals surface area contributed by atoms with E-state index in [1.807, 2.05) is 13.1 Å². The number of rotatable bonds is 4. The van der Waals surface area contributed by atoms with Gasteiger partial charge in [-0.25, -0.2) is 0 Å². The molecule has 1 heterocycles. The molecule has 90 valence electrons. The van der Waals surface area contributed by atoms with Gasteiger partial charge in [0.15, 0.2) is 0 Å². The Labute approximate surface area is 118 Å². The first-order valence-electron chi connectivity index (χ1n) is 4.77. The number of anilines is 1. The van der Waals surface area contributed by atoms with Crippen LogP contribution in [0, 0.1) is 0 Å². The van der Waals surface area contributed by atoms with Crippen LogP contribution in [0.1, 0.15) is 5.01 Å². The molecule has 0 aliphatic rings. The van der Waals surface area contributed by atoms with Crippen LogP contribution in [0.5, 0.6) is 0 Å². The maximum Gasteiger partial charge on any atom is 0.205 e. The maximum absolute atomic E-state index is 6.07. The normalized spacial score (nSPS) is 10.5. The highest BCUT2D eigenvalue weighted by Gasteiger charge is 2.06. The lowest BCUT2D eigenvalue weighted by molar-refractivity contribution is 1.04. The standard InChI is InChI=1S/C10H9Cl2N3S2/c1-13-10-15-14-9(17-10)5-16-8-4-6(11)2-3-7(8)12/h2-4H,5H2,1H3,(H,13,15). The summed E-state index contributed by atoms with van der Waals surface area (Å²) in [6.45, 7) is 0. The van der Waals surface area contributed by atoms with E-state index in [0.717, 1.165) is 20.8 Å². The lowest BCUT2D eigenvalue weighted by Crippen LogP contribution is -1.84. The summed E-state index contributed by atoms with van der Waals surface area (Å²) in [5, 5.41) is 14.2. The average Bonchev–Trinajstić information content (AvgIpc) is 2.78. The first kappa shape index (κ1) is 13.0. The molecule has 0 radical (unpaired) electrons. The number of nitrogens with one attached hydrogen (secondary N) is 1. The number of hydrogen-bond acceptors (Lipinski definition) is 5. The van der Waals surface area contributed by atoms with Gasteiger partial charge in [0, 0.05) is 17.0 Å². The molecule has 1 aromatic carbocycles. The highest BCUT2D eigenvalue weighted by atomic mass is 35.5. The van der Waals surface area contributed by atoms with Gasteiger partial charge in [0.2, 0.25) is 5.13 Å². The molecule has 0 spiro atoms. The Hall–Kier alpha value is -0.490. The molecule has 7 heteroatoms. The van der Waals surface area contributed by atoms with Gasteiger partial charge in [-0.05, 0) is 18.2 Å². The molecular formula is C10H9Cl2N3S2. The molecule has 0 aliphatic carbocycles. The first-order chi connectivity index (χ1) is 8.19. The van der Waals surface area contributed by atoms with Crippen LogP contribution in [-0.2, 0) is 5.75 Å². The van der Waals surface area contributed by atoms with Crippen molar-refractivity contribution >= 4 is 51.4 Å². The van der Waals surface area contributed by atoms with Crippen LogP contribution in [-0.4, -0.2) is 17.2 Å². The highest BCUT2D eigenvalue weighted by Crippen LogP contribution is 2.32. The number of thioether (sulfide) groups is 1. The van der Waals surface area contributed by atoms with E-state index in [4.69, 9.17) is 23.2 Å². The second-order valence-electron chi connectivity index (χ2n) is 3.11. The Kier molecular flexibility index (Phi) is 4.50. The average molecular weight is 306 g/mol. The van der Waals surface area contributed by atoms with Crippen molar-refractivity contribution in [3.05, 3.63) is 33.3 Å². The molecule has 17 heavy (non-hydrogen) atoms. The van der Waals surface area contributed by atoms with Gasteiger partial charge >= 0.3 is 0 Å². The van der Waals surface area contributed by atoms with Crippen LogP contribution in [0.15, 0.2) is 23.1 Å². The molecule has 0 unspecified atom stereocenters. The quantitative estimate of drug-likeness (QED) is 0.860. The Balaban J connectivity index is 2.04. The molecule has 0 aliphatic heterocycles. The van der Waals surface area contributed by atoms with E-state index in [1.165, 1.54) is 11.3 Å². The zero-order valence-corrected chi connectivity index (χ0v) is 12.1. The van der Waals surface area contributed by atoms with Crippen molar-refractivity contribution in [1.82, 2.24) is 10.2 Å². The number of halogens is 2. The Morgan fingerprint density at radius 1 is 1.35 bits per heavy atom. The number of nitrogens with zero attached hydrogens (tertiary/aromatic N) is 2. The summed E-state index contributed by atoms with van der Waals surface area (Å²) < 4.78 is 0. The first-order valence-corrected chi connectivity index (χ1v) is 7.33. The van der Waals surface area contributed by atoms with Crippen molar-refractivity contribution in [2.45, 2.75) is 10.6 Å². The lowest BCUT2D eigenvalue weighted by Gasteiger charge is -2.02. The van der Waals surface area contributed by atoms with E-state index in [-0.39, 0.29) is 0 Å². The van der Waals surface area contributed by atoms with E-state index >= 15 is 0 Å². The minimum absolute atomic E-state index is 0.685. The van der Waals surface area contributed by atoms with Crippen molar-refractivity contribution in [3.63, 3.8) is 0 Å². The molecule has 3 nitrogen and oxygen atoms in total. The predicted molar refractivity (Wildman–Crippen MR) is 75.5 cm³/mol. The third-order valence-corrected chi connectivity index (χ3v) is 4.79. The highest BCUT2D eigenvalue weighted by molar-refractivity contribution is 7.98. The van der Waals surface area contributed by atoms with Crippen molar-refractivity contribution in [2.24, 2.45) is 0 Å². The monoisotopic (exact) mass is 305 g/mol. The number of aromatic nitrogens is 2. The molecule has 0 amide bonds. The Bertz CT molecular complexity index is 516. The molecule has 0 bridgehead atoms. The van der Waals surface area contributed by atoms with E-state index in [0.29, 0.717) is 10.0 Å². The van der Waals surface area contributed by atoms with Gasteiger partial charge < -0.3 is 5.32 Å². The third kappa shape index (κ3) is 3.48. The van der Waals surface area contributed by atoms with Crippen LogP contribution >= 0.6 is 46.3 Å². The summed E-state index contributed by atoms with van der Waals surface area (Å²) in [6.07, 6.45) is 0. The molecule has 0 saturated heterocycles. The largest absolute Gasteiger partial charge is 0.363 e. The molecule has 1 aromatic heterocycles. The fraction of sp³-hybridized carbons (Fsp3) is 0.200. The minimum atomic E-state index is 0.685. The van der Waals surface area contributed by atoms with E-state index < -0.39 is 0 Å². The van der Waals surface area contributed by atoms with Crippen LogP contribution in [0.2, 0.25) is 10.0 Å². The molecule has 1 N–H and O–H groups in total. The molecular weight excluding hydrogens is 297 g/mol. The van der Waals surface area contributed by atoms with Crippen LogP contribution in [0.4, 0.5) is 5.13 Å². The van der Waals surface area contributed by atoms with E-state index in [1.54, 1.807) is 23.9 Å². The Morgan fingerprint density at radius 3 is 2.88 bits per heavy atom. The van der Waals surface area contributed by atoms with Gasteiger partial charge in [-0.15, -0.1) is 22.0 Å². The zero-order valence-electron chi connectivity index (χ0n) is 8.91. The summed E-state index contributed by atoms with van der Waals surface area (Å²) in [7, 11) is 1.82. The summed E-state index contributed by atoms with van der Waals surface area (Å²) in [5.41, 5.74) is 0. The van der Waals surface area contributed by atoms with Gasteiger partial charge in [-0.1, -0.05) is 34.5 Å².